The summed E-state index contributed by atoms with van der Waals surface area (Å²) in [4.78, 5) is 37.8. The molecule has 0 atom stereocenters. The Labute approximate surface area is 127 Å². The van der Waals surface area contributed by atoms with Crippen molar-refractivity contribution in [3.63, 3.8) is 0 Å². The monoisotopic (exact) mass is 310 g/mol. The van der Waals surface area contributed by atoms with Gasteiger partial charge in [-0.1, -0.05) is 0 Å². The molecule has 8 heteroatoms. The highest BCUT2D eigenvalue weighted by atomic mass is 16.5. The molecule has 22 heavy (non-hydrogen) atoms. The van der Waals surface area contributed by atoms with E-state index in [1.807, 2.05) is 0 Å². The van der Waals surface area contributed by atoms with Gasteiger partial charge in [0, 0.05) is 25.9 Å². The van der Waals surface area contributed by atoms with Crippen molar-refractivity contribution in [2.75, 3.05) is 20.8 Å². The number of hydrogen-bond donors (Lipinski definition) is 0. The van der Waals surface area contributed by atoms with Crippen LogP contribution in [0.1, 0.15) is 19.2 Å². The average molecular weight is 310 g/mol. The topological polar surface area (TPSA) is 96.7 Å². The molecule has 120 valence electrons. The number of aryl methyl sites for hydroxylation is 1. The fourth-order valence-corrected chi connectivity index (χ4v) is 1.59. The fraction of sp³-hybridized carbons (Fsp3) is 0.429. The van der Waals surface area contributed by atoms with E-state index in [9.17, 15) is 14.4 Å². The molecule has 1 aromatic heterocycles. The Hall–Kier alpha value is -2.64. The fourth-order valence-electron chi connectivity index (χ4n) is 1.59. The van der Waals surface area contributed by atoms with Crippen LogP contribution < -0.4 is 0 Å². The number of rotatable bonds is 7. The highest BCUT2D eigenvalue weighted by molar-refractivity contribution is 5.93. The summed E-state index contributed by atoms with van der Waals surface area (Å²) in [5.74, 6) is -1.04. The van der Waals surface area contributed by atoms with Crippen molar-refractivity contribution >= 4 is 24.0 Å². The molecule has 1 heterocycles. The van der Waals surface area contributed by atoms with Crippen LogP contribution in [0.15, 0.2) is 18.0 Å². The Morgan fingerprint density at radius 1 is 1.27 bits per heavy atom. The quantitative estimate of drug-likeness (QED) is 0.412. The number of esters is 3. The summed E-state index contributed by atoms with van der Waals surface area (Å²) in [5.41, 5.74) is 0.142. The maximum absolute atomic E-state index is 11.7. The van der Waals surface area contributed by atoms with Gasteiger partial charge in [0.15, 0.2) is 0 Å². The molecular weight excluding hydrogens is 292 g/mol. The maximum Gasteiger partial charge on any atom is 0.337 e. The predicted octanol–water partition coefficient (Wildman–Crippen LogP) is 0.566. The molecule has 0 fully saturated rings. The van der Waals surface area contributed by atoms with E-state index in [1.54, 1.807) is 10.8 Å². The van der Waals surface area contributed by atoms with E-state index in [-0.39, 0.29) is 24.6 Å². The third-order valence-electron chi connectivity index (χ3n) is 2.71. The zero-order chi connectivity index (χ0) is 16.5. The number of aromatic nitrogens is 2. The first kappa shape index (κ1) is 17.4. The maximum atomic E-state index is 11.7. The number of methoxy groups -OCH3 is 2. The van der Waals surface area contributed by atoms with Crippen LogP contribution in [0.3, 0.4) is 0 Å². The lowest BCUT2D eigenvalue weighted by Gasteiger charge is -2.07. The number of hydrogen-bond acceptors (Lipinski definition) is 7. The molecule has 0 saturated carbocycles. The zero-order valence-corrected chi connectivity index (χ0v) is 12.7. The summed E-state index contributed by atoms with van der Waals surface area (Å²) in [6.45, 7) is 1.37. The molecule has 1 rings (SSSR count). The Balaban J connectivity index is 2.90. The van der Waals surface area contributed by atoms with E-state index < -0.39 is 11.9 Å². The average Bonchev–Trinajstić information content (AvgIpc) is 2.95. The summed E-state index contributed by atoms with van der Waals surface area (Å²) < 4.78 is 15.7. The molecule has 0 saturated heterocycles. The smallest absolute Gasteiger partial charge is 0.337 e. The predicted molar refractivity (Wildman–Crippen MR) is 75.5 cm³/mol. The molecule has 0 amide bonds. The van der Waals surface area contributed by atoms with Crippen LogP contribution in [-0.2, 0) is 35.1 Å². The SMILES string of the molecule is COC(=O)CCn1ccnc1/C=C(\COC(C)=O)C(=O)OC. The molecule has 0 radical (unpaired) electrons. The number of carbonyl (C=O) groups excluding carboxylic acids is 3. The Bertz CT molecular complexity index is 576. The third kappa shape index (κ3) is 5.39. The number of nitrogens with zero attached hydrogens (tertiary/aromatic N) is 2. The molecule has 0 aliphatic rings. The van der Waals surface area contributed by atoms with Crippen LogP contribution in [0, 0.1) is 0 Å². The zero-order valence-electron chi connectivity index (χ0n) is 12.7. The summed E-state index contributed by atoms with van der Waals surface area (Å²) in [5, 5.41) is 0. The minimum absolute atomic E-state index is 0.142. The Kier molecular flexibility index (Phi) is 6.81. The van der Waals surface area contributed by atoms with E-state index in [0.717, 1.165) is 0 Å². The largest absolute Gasteiger partial charge is 0.469 e. The molecule has 0 aliphatic carbocycles. The first-order valence-electron chi connectivity index (χ1n) is 6.48. The Morgan fingerprint density at radius 2 is 2.00 bits per heavy atom. The molecule has 0 aliphatic heterocycles. The van der Waals surface area contributed by atoms with Gasteiger partial charge in [-0.3, -0.25) is 9.59 Å². The van der Waals surface area contributed by atoms with E-state index in [2.05, 4.69) is 14.5 Å². The van der Waals surface area contributed by atoms with Crippen molar-refractivity contribution in [1.29, 1.82) is 0 Å². The summed E-state index contributed by atoms with van der Waals surface area (Å²) in [7, 11) is 2.54. The van der Waals surface area contributed by atoms with Gasteiger partial charge in [-0.2, -0.15) is 0 Å². The lowest BCUT2D eigenvalue weighted by molar-refractivity contribution is -0.142. The summed E-state index contributed by atoms with van der Waals surface area (Å²) >= 11 is 0. The second kappa shape index (κ2) is 8.60. The normalized spacial score (nSPS) is 11.0. The highest BCUT2D eigenvalue weighted by Crippen LogP contribution is 2.09. The molecule has 0 N–H and O–H groups in total. The van der Waals surface area contributed by atoms with Crippen molar-refractivity contribution in [2.24, 2.45) is 0 Å². The van der Waals surface area contributed by atoms with E-state index in [4.69, 9.17) is 4.74 Å². The number of ether oxygens (including phenoxy) is 3. The molecule has 8 nitrogen and oxygen atoms in total. The molecule has 0 spiro atoms. The van der Waals surface area contributed by atoms with Gasteiger partial charge in [0.2, 0.25) is 0 Å². The second-order valence-electron chi connectivity index (χ2n) is 4.25. The molecule has 0 bridgehead atoms. The van der Waals surface area contributed by atoms with Gasteiger partial charge >= 0.3 is 17.9 Å². The lowest BCUT2D eigenvalue weighted by Crippen LogP contribution is -2.14. The molecular formula is C14H18N2O6. The van der Waals surface area contributed by atoms with Crippen molar-refractivity contribution in [2.45, 2.75) is 19.9 Å². The molecule has 0 unspecified atom stereocenters. The van der Waals surface area contributed by atoms with Crippen LogP contribution in [0.2, 0.25) is 0 Å². The van der Waals surface area contributed by atoms with Crippen molar-refractivity contribution in [3.05, 3.63) is 23.8 Å². The van der Waals surface area contributed by atoms with Crippen molar-refractivity contribution in [3.8, 4) is 0 Å². The minimum atomic E-state index is -0.622. The van der Waals surface area contributed by atoms with Crippen LogP contribution >= 0.6 is 0 Å². The van der Waals surface area contributed by atoms with Gasteiger partial charge in [-0.15, -0.1) is 0 Å². The Morgan fingerprint density at radius 3 is 2.59 bits per heavy atom. The minimum Gasteiger partial charge on any atom is -0.469 e. The number of carbonyl (C=O) groups is 3. The van der Waals surface area contributed by atoms with Gasteiger partial charge in [-0.05, 0) is 6.08 Å². The van der Waals surface area contributed by atoms with Gasteiger partial charge < -0.3 is 18.8 Å². The first-order chi connectivity index (χ1) is 10.5. The van der Waals surface area contributed by atoms with E-state index in [1.165, 1.54) is 33.4 Å². The van der Waals surface area contributed by atoms with Gasteiger partial charge in [0.1, 0.15) is 12.4 Å². The van der Waals surface area contributed by atoms with Crippen molar-refractivity contribution in [1.82, 2.24) is 9.55 Å². The van der Waals surface area contributed by atoms with Crippen LogP contribution in [-0.4, -0.2) is 48.3 Å². The molecule has 1 aromatic rings. The standard InChI is InChI=1S/C14H18N2O6/c1-10(17)22-9-11(14(19)21-3)8-12-15-5-7-16(12)6-4-13(18)20-2/h5,7-8H,4,6,9H2,1-3H3/b11-8+. The molecule has 0 aromatic carbocycles. The third-order valence-corrected chi connectivity index (χ3v) is 2.71. The van der Waals surface area contributed by atoms with Crippen LogP contribution in [0.4, 0.5) is 0 Å². The lowest BCUT2D eigenvalue weighted by atomic mass is 10.2. The van der Waals surface area contributed by atoms with Gasteiger partial charge in [0.25, 0.3) is 0 Å². The van der Waals surface area contributed by atoms with Crippen molar-refractivity contribution < 1.29 is 28.6 Å². The first-order valence-corrected chi connectivity index (χ1v) is 6.48. The highest BCUT2D eigenvalue weighted by Gasteiger charge is 2.14. The van der Waals surface area contributed by atoms with Crippen LogP contribution in [0.25, 0.3) is 6.08 Å². The summed E-state index contributed by atoms with van der Waals surface area (Å²) in [6, 6.07) is 0. The van der Waals surface area contributed by atoms with Gasteiger partial charge in [-0.25, -0.2) is 9.78 Å². The van der Waals surface area contributed by atoms with Crippen LogP contribution in [0.5, 0.6) is 0 Å². The van der Waals surface area contributed by atoms with Gasteiger partial charge in [0.05, 0.1) is 26.2 Å². The van der Waals surface area contributed by atoms with E-state index in [0.29, 0.717) is 12.4 Å². The number of imidazole rings is 1. The van der Waals surface area contributed by atoms with E-state index >= 15 is 0 Å². The summed E-state index contributed by atoms with van der Waals surface area (Å²) in [6.07, 6.45) is 4.82. The second-order valence-corrected chi connectivity index (χ2v) is 4.25.